The maximum Gasteiger partial charge on any atom is 0.306 e. The van der Waals surface area contributed by atoms with E-state index in [4.69, 9.17) is 18.9 Å². The van der Waals surface area contributed by atoms with E-state index in [1.54, 1.807) is 0 Å². The van der Waals surface area contributed by atoms with Crippen LogP contribution < -0.4 is 0 Å². The van der Waals surface area contributed by atoms with Gasteiger partial charge in [-0.1, -0.05) is 150 Å². The number of aliphatic hydroxyl groups excluding tert-OH is 3. The number of aliphatic hydroxyl groups is 3. The number of carbonyl (C=O) groups excluding carboxylic acids is 2. The van der Waals surface area contributed by atoms with E-state index in [-0.39, 0.29) is 19.4 Å². The maximum atomic E-state index is 12.8. The number of ether oxygens (including phenoxy) is 4. The first kappa shape index (κ1) is 56.8. The van der Waals surface area contributed by atoms with E-state index in [1.165, 1.54) is 51.4 Å². The Morgan fingerprint density at radius 3 is 1.58 bits per heavy atom. The van der Waals surface area contributed by atoms with Crippen molar-refractivity contribution in [2.24, 2.45) is 0 Å². The van der Waals surface area contributed by atoms with Gasteiger partial charge < -0.3 is 34.3 Å². The van der Waals surface area contributed by atoms with Crippen LogP contribution in [0.1, 0.15) is 155 Å². The fraction of sp³-hybridized carbons (Fsp3) is 0.673. The highest BCUT2D eigenvalue weighted by molar-refractivity contribution is 7.85. The molecule has 0 spiro atoms. The zero-order valence-electron chi connectivity index (χ0n) is 37.7. The Morgan fingerprint density at radius 2 is 1.05 bits per heavy atom. The van der Waals surface area contributed by atoms with Crippen LogP contribution in [0.15, 0.2) is 85.1 Å². The highest BCUT2D eigenvalue weighted by Crippen LogP contribution is 2.24. The summed E-state index contributed by atoms with van der Waals surface area (Å²) in [7, 11) is -4.62. The Hall–Kier alpha value is -3.17. The van der Waals surface area contributed by atoms with Crippen molar-refractivity contribution in [2.45, 2.75) is 192 Å². The van der Waals surface area contributed by atoms with Crippen molar-refractivity contribution in [1.29, 1.82) is 0 Å². The first-order valence-corrected chi connectivity index (χ1v) is 24.8. The van der Waals surface area contributed by atoms with Gasteiger partial charge in [-0.15, -0.1) is 0 Å². The van der Waals surface area contributed by atoms with E-state index in [0.717, 1.165) is 64.2 Å². The van der Waals surface area contributed by atoms with E-state index in [9.17, 15) is 37.9 Å². The van der Waals surface area contributed by atoms with Crippen LogP contribution >= 0.6 is 0 Å². The lowest BCUT2D eigenvalue weighted by molar-refractivity contribution is -0.297. The largest absolute Gasteiger partial charge is 0.462 e. The Balaban J connectivity index is 2.51. The van der Waals surface area contributed by atoms with Crippen LogP contribution in [0, 0.1) is 0 Å². The number of unbranched alkanes of at least 4 members (excludes halogenated alkanes) is 11. The van der Waals surface area contributed by atoms with Gasteiger partial charge in [-0.25, -0.2) is 0 Å². The van der Waals surface area contributed by atoms with Crippen molar-refractivity contribution in [3.8, 4) is 0 Å². The molecular formula is C49H80O12S. The van der Waals surface area contributed by atoms with E-state index >= 15 is 0 Å². The van der Waals surface area contributed by atoms with Crippen molar-refractivity contribution >= 4 is 22.1 Å². The average molecular weight is 893 g/mol. The molecule has 0 aromatic carbocycles. The summed E-state index contributed by atoms with van der Waals surface area (Å²) in [6.07, 6.45) is 40.7. The molecule has 62 heavy (non-hydrogen) atoms. The highest BCUT2D eigenvalue weighted by atomic mass is 32.2. The summed E-state index contributed by atoms with van der Waals surface area (Å²) in [6, 6.07) is 0. The molecule has 13 heteroatoms. The third-order valence-corrected chi connectivity index (χ3v) is 10.7. The topological polar surface area (TPSA) is 186 Å². The van der Waals surface area contributed by atoms with E-state index in [2.05, 4.69) is 86.8 Å². The van der Waals surface area contributed by atoms with Gasteiger partial charge in [0.25, 0.3) is 10.1 Å². The minimum Gasteiger partial charge on any atom is -0.462 e. The third kappa shape index (κ3) is 32.5. The molecule has 6 atom stereocenters. The molecule has 1 heterocycles. The van der Waals surface area contributed by atoms with Crippen molar-refractivity contribution < 1.29 is 56.8 Å². The van der Waals surface area contributed by atoms with Crippen LogP contribution in [-0.2, 0) is 38.7 Å². The van der Waals surface area contributed by atoms with Gasteiger partial charge in [0.1, 0.15) is 36.8 Å². The van der Waals surface area contributed by atoms with Gasteiger partial charge in [0.2, 0.25) is 0 Å². The SMILES string of the molecule is CC/C=C/C/C=C/C/C=C/C/C=C/C/C=C/C/C=C/CCC(=O)OC[C@H](CO[C@H]1O[C@H](CS(=O)(=O)O)[C@@H](O)C(O)C1O)OC(=O)CCCCC/C=C/CCCCCCCCCC. The van der Waals surface area contributed by atoms with Gasteiger partial charge in [-0.05, 0) is 77.0 Å². The fourth-order valence-electron chi connectivity index (χ4n) is 6.40. The summed E-state index contributed by atoms with van der Waals surface area (Å²) in [5.41, 5.74) is 0. The van der Waals surface area contributed by atoms with E-state index in [1.807, 2.05) is 12.2 Å². The summed E-state index contributed by atoms with van der Waals surface area (Å²) >= 11 is 0. The molecule has 4 N–H and O–H groups in total. The molecule has 0 aromatic heterocycles. The Morgan fingerprint density at radius 1 is 0.565 bits per heavy atom. The second-order valence-corrected chi connectivity index (χ2v) is 17.2. The van der Waals surface area contributed by atoms with Crippen molar-refractivity contribution in [1.82, 2.24) is 0 Å². The van der Waals surface area contributed by atoms with E-state index < -0.39 is 71.2 Å². The Kier molecular flexibility index (Phi) is 35.1. The summed E-state index contributed by atoms with van der Waals surface area (Å²) in [5, 5.41) is 30.9. The van der Waals surface area contributed by atoms with E-state index in [0.29, 0.717) is 12.8 Å². The monoisotopic (exact) mass is 893 g/mol. The molecule has 1 aliphatic heterocycles. The van der Waals surface area contributed by atoms with Crippen LogP contribution in [0.3, 0.4) is 0 Å². The van der Waals surface area contributed by atoms with Crippen LogP contribution in [0.5, 0.6) is 0 Å². The summed E-state index contributed by atoms with van der Waals surface area (Å²) in [6.45, 7) is 3.56. The van der Waals surface area contributed by atoms with Gasteiger partial charge in [-0.3, -0.25) is 14.1 Å². The van der Waals surface area contributed by atoms with Gasteiger partial charge in [0.15, 0.2) is 12.4 Å². The van der Waals surface area contributed by atoms with Crippen molar-refractivity contribution in [3.05, 3.63) is 85.1 Å². The molecule has 0 radical (unpaired) electrons. The zero-order chi connectivity index (χ0) is 45.5. The molecule has 0 aromatic rings. The first-order chi connectivity index (χ1) is 30.0. The molecule has 12 nitrogen and oxygen atoms in total. The molecule has 2 unspecified atom stereocenters. The number of carbonyl (C=O) groups is 2. The molecule has 1 aliphatic rings. The molecular weight excluding hydrogens is 813 g/mol. The minimum absolute atomic E-state index is 0.0864. The van der Waals surface area contributed by atoms with Crippen LogP contribution in [0.25, 0.3) is 0 Å². The standard InChI is InChI=1S/C49H80O12S/c1-3-5-7-9-11-13-15-17-19-20-21-22-24-25-27-29-31-33-35-37-44(50)58-39-42(40-59-49-48(54)47(53)46(52)43(61-49)41-62(55,56)57)60-45(51)38-36-34-32-30-28-26-23-18-16-14-12-10-8-6-4-2/h5,7,11,13,17,19,21-22,25-28,31,33,42-43,46-49,52-54H,3-4,6,8-10,12,14-16,18,20,23-24,29-30,32,34-41H2,1-2H3,(H,55,56,57)/b7-5+,13-11+,19-17+,22-21+,27-25+,28-26+,33-31+/t42-,43-,46-,47?,48?,49+/m1/s1. The number of esters is 2. The van der Waals surface area contributed by atoms with Crippen LogP contribution in [0.4, 0.5) is 0 Å². The lowest BCUT2D eigenvalue weighted by Crippen LogP contribution is -2.60. The summed E-state index contributed by atoms with van der Waals surface area (Å²) in [4.78, 5) is 25.4. The average Bonchev–Trinajstić information content (AvgIpc) is 3.24. The van der Waals surface area contributed by atoms with Gasteiger partial charge in [-0.2, -0.15) is 8.42 Å². The van der Waals surface area contributed by atoms with Gasteiger partial charge in [0.05, 0.1) is 6.61 Å². The highest BCUT2D eigenvalue weighted by Gasteiger charge is 2.46. The quantitative estimate of drug-likeness (QED) is 0.0201. The molecule has 0 saturated carbocycles. The Bertz CT molecular complexity index is 1460. The fourth-order valence-corrected chi connectivity index (χ4v) is 7.09. The Labute approximate surface area is 373 Å². The van der Waals surface area contributed by atoms with Gasteiger partial charge >= 0.3 is 11.9 Å². The molecule has 1 saturated heterocycles. The maximum absolute atomic E-state index is 12.8. The first-order valence-electron chi connectivity index (χ1n) is 23.1. The number of allylic oxidation sites excluding steroid dienone is 14. The van der Waals surface area contributed by atoms with Gasteiger partial charge in [0, 0.05) is 12.8 Å². The molecule has 1 fully saturated rings. The van der Waals surface area contributed by atoms with Crippen LogP contribution in [-0.4, -0.2) is 96.0 Å². The number of hydrogen-bond donors (Lipinski definition) is 4. The second-order valence-electron chi connectivity index (χ2n) is 15.7. The normalized spacial score (nSPS) is 20.6. The smallest absolute Gasteiger partial charge is 0.306 e. The van der Waals surface area contributed by atoms with Crippen molar-refractivity contribution in [2.75, 3.05) is 19.0 Å². The number of rotatable bonds is 37. The molecule has 0 amide bonds. The third-order valence-electron chi connectivity index (χ3n) is 9.97. The minimum atomic E-state index is -4.62. The molecule has 0 aliphatic carbocycles. The lowest BCUT2D eigenvalue weighted by atomic mass is 10.00. The van der Waals surface area contributed by atoms with Crippen LogP contribution in [0.2, 0.25) is 0 Å². The summed E-state index contributed by atoms with van der Waals surface area (Å²) < 4.78 is 54.0. The summed E-state index contributed by atoms with van der Waals surface area (Å²) in [5.74, 6) is -2.12. The zero-order valence-corrected chi connectivity index (χ0v) is 38.5. The molecule has 0 bridgehead atoms. The lowest BCUT2D eigenvalue weighted by Gasteiger charge is -2.40. The number of hydrogen-bond acceptors (Lipinski definition) is 11. The second kappa shape index (κ2) is 38.3. The predicted molar refractivity (Wildman–Crippen MR) is 247 cm³/mol. The molecule has 354 valence electrons. The molecule has 1 rings (SSSR count). The van der Waals surface area contributed by atoms with Crippen molar-refractivity contribution in [3.63, 3.8) is 0 Å². The predicted octanol–water partition coefficient (Wildman–Crippen LogP) is 9.67.